The van der Waals surface area contributed by atoms with Crippen LogP contribution in [0.2, 0.25) is 0 Å². The Balaban J connectivity index is 2.32. The Hall–Kier alpha value is -0.900. The molecular formula is C20H36N2O. The summed E-state index contributed by atoms with van der Waals surface area (Å²) >= 11 is 0. The van der Waals surface area contributed by atoms with Crippen LogP contribution in [0.15, 0.2) is 24.3 Å². The fourth-order valence-corrected chi connectivity index (χ4v) is 2.49. The lowest BCUT2D eigenvalue weighted by atomic mass is 10.1. The molecule has 0 aromatic heterocycles. The molecule has 0 saturated carbocycles. The SMILES string of the molecule is CCC(C)CN(C)CCN(C)Cc1ccc(COC(C)C)cc1. The molecule has 1 atom stereocenters. The number of likely N-dealkylation sites (N-methyl/N-ethyl adjacent to an activating group) is 2. The molecule has 1 unspecified atom stereocenters. The molecule has 0 N–H and O–H groups in total. The van der Waals surface area contributed by atoms with Crippen molar-refractivity contribution in [3.63, 3.8) is 0 Å². The van der Waals surface area contributed by atoms with Gasteiger partial charge in [-0.05, 0) is 45.0 Å². The van der Waals surface area contributed by atoms with Crippen LogP contribution < -0.4 is 0 Å². The summed E-state index contributed by atoms with van der Waals surface area (Å²) in [5.41, 5.74) is 2.61. The number of benzene rings is 1. The standard InChI is InChI=1S/C20H36N2O/c1-7-18(4)14-21(5)12-13-22(6)15-19-8-10-20(11-9-19)16-23-17(2)3/h8-11,17-18H,7,12-16H2,1-6H3. The molecule has 0 radical (unpaired) electrons. The third-order valence-corrected chi connectivity index (χ3v) is 4.24. The Morgan fingerprint density at radius 3 is 2.04 bits per heavy atom. The highest BCUT2D eigenvalue weighted by atomic mass is 16.5. The highest BCUT2D eigenvalue weighted by Gasteiger charge is 2.06. The number of hydrogen-bond donors (Lipinski definition) is 0. The quantitative estimate of drug-likeness (QED) is 0.612. The van der Waals surface area contributed by atoms with E-state index in [1.165, 1.54) is 24.1 Å². The van der Waals surface area contributed by atoms with Crippen molar-refractivity contribution < 1.29 is 4.74 Å². The maximum Gasteiger partial charge on any atom is 0.0720 e. The fourth-order valence-electron chi connectivity index (χ4n) is 2.49. The predicted octanol–water partition coefficient (Wildman–Crippen LogP) is 4.02. The predicted molar refractivity (Wildman–Crippen MR) is 99.7 cm³/mol. The summed E-state index contributed by atoms with van der Waals surface area (Å²) in [5.74, 6) is 0.783. The molecule has 0 heterocycles. The van der Waals surface area contributed by atoms with Crippen molar-refractivity contribution in [1.82, 2.24) is 9.80 Å². The monoisotopic (exact) mass is 320 g/mol. The summed E-state index contributed by atoms with van der Waals surface area (Å²) in [7, 11) is 4.43. The van der Waals surface area contributed by atoms with Crippen molar-refractivity contribution in [3.05, 3.63) is 35.4 Å². The second kappa shape index (κ2) is 10.8. The largest absolute Gasteiger partial charge is 0.374 e. The minimum absolute atomic E-state index is 0.285. The van der Waals surface area contributed by atoms with E-state index in [-0.39, 0.29) is 6.10 Å². The molecule has 0 amide bonds. The number of hydrogen-bond acceptors (Lipinski definition) is 3. The van der Waals surface area contributed by atoms with Gasteiger partial charge in [0.2, 0.25) is 0 Å². The summed E-state index contributed by atoms with van der Waals surface area (Å²) in [6, 6.07) is 8.80. The highest BCUT2D eigenvalue weighted by molar-refractivity contribution is 5.22. The van der Waals surface area contributed by atoms with Crippen LogP contribution in [-0.4, -0.2) is 49.6 Å². The zero-order valence-electron chi connectivity index (χ0n) is 16.0. The second-order valence-corrected chi connectivity index (χ2v) is 7.19. The van der Waals surface area contributed by atoms with E-state index in [9.17, 15) is 0 Å². The molecule has 0 aliphatic rings. The van der Waals surface area contributed by atoms with E-state index in [1.54, 1.807) is 0 Å². The van der Waals surface area contributed by atoms with Crippen molar-refractivity contribution in [1.29, 1.82) is 0 Å². The second-order valence-electron chi connectivity index (χ2n) is 7.19. The maximum absolute atomic E-state index is 5.64. The lowest BCUT2D eigenvalue weighted by Gasteiger charge is -2.24. The smallest absolute Gasteiger partial charge is 0.0720 e. The van der Waals surface area contributed by atoms with Crippen molar-refractivity contribution in [2.45, 2.75) is 53.4 Å². The van der Waals surface area contributed by atoms with Gasteiger partial charge in [0, 0.05) is 26.2 Å². The van der Waals surface area contributed by atoms with E-state index in [1.807, 2.05) is 0 Å². The minimum Gasteiger partial charge on any atom is -0.374 e. The summed E-state index contributed by atoms with van der Waals surface area (Å²) in [6.07, 6.45) is 1.54. The molecule has 23 heavy (non-hydrogen) atoms. The molecular weight excluding hydrogens is 284 g/mol. The van der Waals surface area contributed by atoms with Crippen LogP contribution in [0.25, 0.3) is 0 Å². The van der Waals surface area contributed by atoms with Gasteiger partial charge >= 0.3 is 0 Å². The van der Waals surface area contributed by atoms with Crippen LogP contribution in [0.5, 0.6) is 0 Å². The van der Waals surface area contributed by atoms with Crippen LogP contribution in [0.1, 0.15) is 45.2 Å². The van der Waals surface area contributed by atoms with E-state index in [0.717, 1.165) is 25.6 Å². The fraction of sp³-hybridized carbons (Fsp3) is 0.700. The summed E-state index contributed by atoms with van der Waals surface area (Å²) in [6.45, 7) is 13.9. The van der Waals surface area contributed by atoms with Gasteiger partial charge in [0.25, 0.3) is 0 Å². The van der Waals surface area contributed by atoms with E-state index in [2.05, 4.69) is 75.9 Å². The Morgan fingerprint density at radius 1 is 0.913 bits per heavy atom. The zero-order valence-corrected chi connectivity index (χ0v) is 16.0. The van der Waals surface area contributed by atoms with Crippen molar-refractivity contribution in [3.8, 4) is 0 Å². The Labute approximate surface area is 143 Å². The molecule has 3 heteroatoms. The molecule has 1 rings (SSSR count). The molecule has 132 valence electrons. The van der Waals surface area contributed by atoms with Crippen LogP contribution in [0, 0.1) is 5.92 Å². The molecule has 3 nitrogen and oxygen atoms in total. The average molecular weight is 321 g/mol. The average Bonchev–Trinajstić information content (AvgIpc) is 2.52. The Bertz CT molecular complexity index is 416. The highest BCUT2D eigenvalue weighted by Crippen LogP contribution is 2.09. The van der Waals surface area contributed by atoms with Crippen LogP contribution in [0.3, 0.4) is 0 Å². The molecule has 0 aliphatic carbocycles. The summed E-state index contributed by atoms with van der Waals surface area (Å²) in [5, 5.41) is 0. The molecule has 0 bridgehead atoms. The van der Waals surface area contributed by atoms with Gasteiger partial charge in [-0.2, -0.15) is 0 Å². The molecule has 0 fully saturated rings. The van der Waals surface area contributed by atoms with Gasteiger partial charge < -0.3 is 14.5 Å². The lowest BCUT2D eigenvalue weighted by molar-refractivity contribution is 0.0657. The normalized spacial score (nSPS) is 13.3. The first-order valence-corrected chi connectivity index (χ1v) is 8.97. The molecule has 0 aliphatic heterocycles. The Kier molecular flexibility index (Phi) is 9.46. The van der Waals surface area contributed by atoms with Gasteiger partial charge in [0.05, 0.1) is 12.7 Å². The van der Waals surface area contributed by atoms with Crippen LogP contribution >= 0.6 is 0 Å². The third-order valence-electron chi connectivity index (χ3n) is 4.24. The third kappa shape index (κ3) is 9.09. The first kappa shape index (κ1) is 20.1. The molecule has 0 saturated heterocycles. The van der Waals surface area contributed by atoms with Gasteiger partial charge in [0.1, 0.15) is 0 Å². The lowest BCUT2D eigenvalue weighted by Crippen LogP contribution is -2.33. The first-order valence-electron chi connectivity index (χ1n) is 8.97. The zero-order chi connectivity index (χ0) is 17.2. The number of ether oxygens (including phenoxy) is 1. The summed E-state index contributed by atoms with van der Waals surface area (Å²) in [4.78, 5) is 4.84. The Morgan fingerprint density at radius 2 is 1.48 bits per heavy atom. The van der Waals surface area contributed by atoms with Gasteiger partial charge in [-0.1, -0.05) is 44.5 Å². The first-order chi connectivity index (χ1) is 10.9. The van der Waals surface area contributed by atoms with Crippen LogP contribution in [-0.2, 0) is 17.9 Å². The van der Waals surface area contributed by atoms with Gasteiger partial charge in [-0.15, -0.1) is 0 Å². The minimum atomic E-state index is 0.285. The van der Waals surface area contributed by atoms with Gasteiger partial charge in [0.15, 0.2) is 0 Å². The molecule has 1 aromatic carbocycles. The number of nitrogens with zero attached hydrogens (tertiary/aromatic N) is 2. The van der Waals surface area contributed by atoms with E-state index in [4.69, 9.17) is 4.74 Å². The number of rotatable bonds is 11. The molecule has 1 aromatic rings. The van der Waals surface area contributed by atoms with Gasteiger partial charge in [-0.25, -0.2) is 0 Å². The van der Waals surface area contributed by atoms with Crippen molar-refractivity contribution in [2.75, 3.05) is 33.7 Å². The van der Waals surface area contributed by atoms with Gasteiger partial charge in [-0.3, -0.25) is 0 Å². The van der Waals surface area contributed by atoms with Crippen molar-refractivity contribution >= 4 is 0 Å². The van der Waals surface area contributed by atoms with E-state index >= 15 is 0 Å². The summed E-state index contributed by atoms with van der Waals surface area (Å²) < 4.78 is 5.64. The van der Waals surface area contributed by atoms with E-state index < -0.39 is 0 Å². The van der Waals surface area contributed by atoms with E-state index in [0.29, 0.717) is 6.61 Å². The topological polar surface area (TPSA) is 15.7 Å². The van der Waals surface area contributed by atoms with Crippen molar-refractivity contribution in [2.24, 2.45) is 5.92 Å². The van der Waals surface area contributed by atoms with Crippen LogP contribution in [0.4, 0.5) is 0 Å². The molecule has 0 spiro atoms. The maximum atomic E-state index is 5.64.